The third-order valence-electron chi connectivity index (χ3n) is 3.60. The number of benzene rings is 1. The molecule has 146 valence electrons. The Labute approximate surface area is 164 Å². The number of hydrogen-bond donors (Lipinski definition) is 2. The molecule has 0 bridgehead atoms. The maximum absolute atomic E-state index is 13.6. The molecule has 2 heterocycles. The summed E-state index contributed by atoms with van der Waals surface area (Å²) in [7, 11) is 0. The number of aromatic nitrogens is 2. The van der Waals surface area contributed by atoms with Gasteiger partial charge in [0.15, 0.2) is 5.13 Å². The van der Waals surface area contributed by atoms with Gasteiger partial charge in [0, 0.05) is 22.6 Å². The Morgan fingerprint density at radius 1 is 1.11 bits per heavy atom. The van der Waals surface area contributed by atoms with Crippen molar-refractivity contribution in [3.8, 4) is 0 Å². The highest BCUT2D eigenvalue weighted by Gasteiger charge is 2.18. The molecule has 6 nitrogen and oxygen atoms in total. The van der Waals surface area contributed by atoms with E-state index in [0.717, 1.165) is 22.8 Å². The number of para-hydroxylation sites is 1. The van der Waals surface area contributed by atoms with Crippen LogP contribution in [0.25, 0.3) is 12.2 Å². The first-order chi connectivity index (χ1) is 13.2. The first-order valence-corrected chi connectivity index (χ1v) is 9.16. The van der Waals surface area contributed by atoms with Crippen LogP contribution in [0.4, 0.5) is 24.4 Å². The number of thiazole rings is 1. The second-order valence-electron chi connectivity index (χ2n) is 6.89. The van der Waals surface area contributed by atoms with Crippen LogP contribution in [0.2, 0.25) is 0 Å². The van der Waals surface area contributed by atoms with Crippen LogP contribution in [0.5, 0.6) is 0 Å². The van der Waals surface area contributed by atoms with Crippen molar-refractivity contribution < 1.29 is 18.0 Å². The maximum atomic E-state index is 13.6. The van der Waals surface area contributed by atoms with Crippen LogP contribution in [-0.2, 0) is 5.41 Å². The summed E-state index contributed by atoms with van der Waals surface area (Å²) in [5.74, 6) is -0.492. The van der Waals surface area contributed by atoms with Gasteiger partial charge in [0.05, 0.1) is 6.20 Å². The average molecular weight is 404 g/mol. The molecule has 3 rings (SSSR count). The van der Waals surface area contributed by atoms with Crippen LogP contribution < -0.4 is 10.6 Å². The smallest absolute Gasteiger partial charge is 0.325 e. The molecule has 0 saturated heterocycles. The number of urea groups is 1. The predicted molar refractivity (Wildman–Crippen MR) is 105 cm³/mol. The first kappa shape index (κ1) is 19.7. The molecule has 0 saturated carbocycles. The maximum Gasteiger partial charge on any atom is 0.325 e. The number of carbonyl (C=O) groups excluding carboxylic acids is 1. The lowest BCUT2D eigenvalue weighted by Gasteiger charge is -2.12. The van der Waals surface area contributed by atoms with Crippen molar-refractivity contribution >= 4 is 40.3 Å². The Hall–Kier alpha value is -3.07. The van der Waals surface area contributed by atoms with E-state index in [1.165, 1.54) is 17.4 Å². The van der Waals surface area contributed by atoms with E-state index in [-0.39, 0.29) is 10.5 Å². The summed E-state index contributed by atoms with van der Waals surface area (Å²) in [5.41, 5.74) is -0.652. The SMILES string of the molecule is CC(C)(C)c1cnc(/C=C/c2cnc(NC(=O)Nc3c(F)cccc3F)s2)o1. The van der Waals surface area contributed by atoms with Crippen molar-refractivity contribution in [3.05, 3.63) is 58.8 Å². The summed E-state index contributed by atoms with van der Waals surface area (Å²) in [6, 6.07) is 2.53. The van der Waals surface area contributed by atoms with Crippen molar-refractivity contribution in [3.63, 3.8) is 0 Å². The van der Waals surface area contributed by atoms with Crippen LogP contribution in [-0.4, -0.2) is 16.0 Å². The molecule has 28 heavy (non-hydrogen) atoms. The van der Waals surface area contributed by atoms with E-state index in [2.05, 4.69) is 20.6 Å². The Bertz CT molecular complexity index is 1000. The van der Waals surface area contributed by atoms with Gasteiger partial charge in [0.1, 0.15) is 23.1 Å². The van der Waals surface area contributed by atoms with Crippen molar-refractivity contribution in [2.75, 3.05) is 10.6 Å². The molecule has 0 aliphatic heterocycles. The fourth-order valence-electron chi connectivity index (χ4n) is 2.15. The minimum atomic E-state index is -0.863. The fraction of sp³-hybridized carbons (Fsp3) is 0.211. The molecule has 0 aliphatic carbocycles. The Morgan fingerprint density at radius 2 is 1.82 bits per heavy atom. The van der Waals surface area contributed by atoms with Gasteiger partial charge < -0.3 is 9.73 Å². The zero-order valence-electron chi connectivity index (χ0n) is 15.4. The molecule has 2 amide bonds. The third kappa shape index (κ3) is 4.80. The highest BCUT2D eigenvalue weighted by atomic mass is 32.1. The number of oxazole rings is 1. The molecule has 0 fully saturated rings. The molecule has 0 radical (unpaired) electrons. The van der Waals surface area contributed by atoms with Gasteiger partial charge in [0.25, 0.3) is 0 Å². The number of nitrogens with zero attached hydrogens (tertiary/aromatic N) is 2. The van der Waals surface area contributed by atoms with E-state index >= 15 is 0 Å². The van der Waals surface area contributed by atoms with E-state index in [4.69, 9.17) is 4.42 Å². The summed E-state index contributed by atoms with van der Waals surface area (Å²) in [6.07, 6.45) is 6.68. The lowest BCUT2D eigenvalue weighted by atomic mass is 9.94. The van der Waals surface area contributed by atoms with Gasteiger partial charge in [-0.25, -0.2) is 23.5 Å². The topological polar surface area (TPSA) is 80.0 Å². The Balaban J connectivity index is 1.62. The summed E-state index contributed by atoms with van der Waals surface area (Å²) in [5, 5.41) is 4.85. The van der Waals surface area contributed by atoms with E-state index in [1.54, 1.807) is 24.5 Å². The predicted octanol–water partition coefficient (Wildman–Crippen LogP) is 5.52. The lowest BCUT2D eigenvalue weighted by Crippen LogP contribution is -2.20. The molecule has 0 unspecified atom stereocenters. The van der Waals surface area contributed by atoms with Crippen LogP contribution >= 0.6 is 11.3 Å². The molecular formula is C19H18F2N4O2S. The highest BCUT2D eigenvalue weighted by molar-refractivity contribution is 7.16. The third-order valence-corrected chi connectivity index (χ3v) is 4.48. The van der Waals surface area contributed by atoms with Gasteiger partial charge in [-0.1, -0.05) is 38.2 Å². The molecule has 3 aromatic rings. The monoisotopic (exact) mass is 404 g/mol. The second-order valence-corrected chi connectivity index (χ2v) is 7.95. The van der Waals surface area contributed by atoms with Gasteiger partial charge in [-0.15, -0.1) is 0 Å². The van der Waals surface area contributed by atoms with Gasteiger partial charge in [-0.2, -0.15) is 0 Å². The number of hydrogen-bond acceptors (Lipinski definition) is 5. The Morgan fingerprint density at radius 3 is 2.46 bits per heavy atom. The number of anilines is 2. The van der Waals surface area contributed by atoms with Gasteiger partial charge in [-0.3, -0.25) is 5.32 Å². The van der Waals surface area contributed by atoms with Gasteiger partial charge in [-0.05, 0) is 18.2 Å². The molecule has 9 heteroatoms. The molecule has 0 aliphatic rings. The van der Waals surface area contributed by atoms with Gasteiger partial charge in [0.2, 0.25) is 5.89 Å². The van der Waals surface area contributed by atoms with E-state index in [0.29, 0.717) is 5.89 Å². The molecule has 0 atom stereocenters. The number of carbonyl (C=O) groups is 1. The molecule has 2 aromatic heterocycles. The van der Waals surface area contributed by atoms with Crippen molar-refractivity contribution in [1.29, 1.82) is 0 Å². The van der Waals surface area contributed by atoms with Crippen molar-refractivity contribution in [2.45, 2.75) is 26.2 Å². The quantitative estimate of drug-likeness (QED) is 0.600. The largest absolute Gasteiger partial charge is 0.441 e. The molecular weight excluding hydrogens is 386 g/mol. The van der Waals surface area contributed by atoms with Gasteiger partial charge >= 0.3 is 6.03 Å². The first-order valence-electron chi connectivity index (χ1n) is 8.34. The number of rotatable bonds is 4. The van der Waals surface area contributed by atoms with E-state index < -0.39 is 23.4 Å². The summed E-state index contributed by atoms with van der Waals surface area (Å²) >= 11 is 1.18. The highest BCUT2D eigenvalue weighted by Crippen LogP contribution is 2.25. The van der Waals surface area contributed by atoms with Crippen LogP contribution in [0.15, 0.2) is 35.0 Å². The normalized spacial score (nSPS) is 11.8. The lowest BCUT2D eigenvalue weighted by molar-refractivity contribution is 0.262. The minimum absolute atomic E-state index is 0.133. The van der Waals surface area contributed by atoms with Crippen molar-refractivity contribution in [1.82, 2.24) is 9.97 Å². The molecule has 2 N–H and O–H groups in total. The van der Waals surface area contributed by atoms with Crippen LogP contribution in [0.3, 0.4) is 0 Å². The standard InChI is InChI=1S/C19H18F2N4O2S/c1-19(2,3)14-10-22-15(27-14)8-7-11-9-23-18(28-11)25-17(26)24-16-12(20)5-4-6-13(16)21/h4-10H,1-3H3,(H2,23,24,25,26)/b8-7+. The van der Waals surface area contributed by atoms with Crippen LogP contribution in [0.1, 0.15) is 37.3 Å². The van der Waals surface area contributed by atoms with E-state index in [9.17, 15) is 13.6 Å². The fourth-order valence-corrected chi connectivity index (χ4v) is 2.86. The summed E-state index contributed by atoms with van der Waals surface area (Å²) in [4.78, 5) is 20.9. The van der Waals surface area contributed by atoms with E-state index in [1.807, 2.05) is 20.8 Å². The zero-order valence-corrected chi connectivity index (χ0v) is 16.2. The molecule has 1 aromatic carbocycles. The zero-order chi connectivity index (χ0) is 20.3. The number of halogens is 2. The summed E-state index contributed by atoms with van der Waals surface area (Å²) in [6.45, 7) is 6.08. The van der Waals surface area contributed by atoms with Crippen molar-refractivity contribution in [2.24, 2.45) is 0 Å². The second kappa shape index (κ2) is 7.89. The summed E-state index contributed by atoms with van der Waals surface area (Å²) < 4.78 is 32.8. The number of nitrogens with one attached hydrogen (secondary N) is 2. The number of amides is 2. The molecule has 0 spiro atoms. The Kier molecular flexibility index (Phi) is 5.55. The van der Waals surface area contributed by atoms with Crippen LogP contribution in [0, 0.1) is 11.6 Å². The minimum Gasteiger partial charge on any atom is -0.441 e. The average Bonchev–Trinajstić information content (AvgIpc) is 3.25.